The fraction of sp³-hybridized carbons (Fsp3) is 0.529. The molecule has 0 radical (unpaired) electrons. The molecule has 2 amide bonds. The number of hydrogen-bond acceptors (Lipinski definition) is 4. The maximum Gasteiger partial charge on any atom is 0.271 e. The lowest BCUT2D eigenvalue weighted by atomic mass is 10.0. The number of aryl methyl sites for hydroxylation is 1. The second-order valence-corrected chi connectivity index (χ2v) is 6.47. The van der Waals surface area contributed by atoms with Gasteiger partial charge in [-0.25, -0.2) is 0 Å². The molecule has 6 heteroatoms. The smallest absolute Gasteiger partial charge is 0.271 e. The highest BCUT2D eigenvalue weighted by Gasteiger charge is 2.42. The van der Waals surface area contributed by atoms with Crippen LogP contribution in [-0.4, -0.2) is 55.2 Å². The van der Waals surface area contributed by atoms with Crippen LogP contribution in [0.3, 0.4) is 0 Å². The van der Waals surface area contributed by atoms with Gasteiger partial charge in [0.05, 0.1) is 18.9 Å². The molecular weight excluding hydrogens is 296 g/mol. The van der Waals surface area contributed by atoms with Gasteiger partial charge >= 0.3 is 0 Å². The van der Waals surface area contributed by atoms with Crippen molar-refractivity contribution in [3.8, 4) is 5.75 Å². The molecular formula is C17H22N2O4. The van der Waals surface area contributed by atoms with E-state index in [1.165, 1.54) is 0 Å². The Morgan fingerprint density at radius 3 is 2.65 bits per heavy atom. The quantitative estimate of drug-likeness (QED) is 0.826. The van der Waals surface area contributed by atoms with Gasteiger partial charge in [-0.15, -0.1) is 0 Å². The number of hydrogen-bond donors (Lipinski definition) is 0. The number of carbonyl (C=O) groups is 2. The van der Waals surface area contributed by atoms with Gasteiger partial charge in [0, 0.05) is 13.1 Å². The Bertz CT molecular complexity index is 635. The monoisotopic (exact) mass is 318 g/mol. The molecule has 2 aliphatic rings. The first-order valence-corrected chi connectivity index (χ1v) is 7.85. The summed E-state index contributed by atoms with van der Waals surface area (Å²) in [5.41, 5.74) is 0.702. The van der Waals surface area contributed by atoms with Crippen molar-refractivity contribution in [1.82, 2.24) is 4.90 Å². The van der Waals surface area contributed by atoms with Gasteiger partial charge in [0.1, 0.15) is 12.3 Å². The largest absolute Gasteiger partial charge is 0.476 e. The Labute approximate surface area is 136 Å². The SMILES string of the molecule is Cc1ccc2c(c1)N(CC(=O)N1CCOCC1)C(=O)C(C)(C)O2. The molecule has 0 spiro atoms. The predicted octanol–water partition coefficient (Wildman–Crippen LogP) is 1.36. The summed E-state index contributed by atoms with van der Waals surface area (Å²) in [7, 11) is 0. The van der Waals surface area contributed by atoms with Crippen molar-refractivity contribution in [1.29, 1.82) is 0 Å². The third kappa shape index (κ3) is 3.03. The summed E-state index contributed by atoms with van der Waals surface area (Å²) in [4.78, 5) is 28.6. The highest BCUT2D eigenvalue weighted by molar-refractivity contribution is 6.05. The summed E-state index contributed by atoms with van der Waals surface area (Å²) in [6.07, 6.45) is 0. The molecule has 0 bridgehead atoms. The molecule has 0 saturated carbocycles. The van der Waals surface area contributed by atoms with Crippen molar-refractivity contribution < 1.29 is 19.1 Å². The average molecular weight is 318 g/mol. The van der Waals surface area contributed by atoms with Gasteiger partial charge < -0.3 is 14.4 Å². The van der Waals surface area contributed by atoms with Crippen molar-refractivity contribution in [3.63, 3.8) is 0 Å². The molecule has 1 saturated heterocycles. The van der Waals surface area contributed by atoms with Gasteiger partial charge in [-0.1, -0.05) is 6.07 Å². The van der Waals surface area contributed by atoms with E-state index in [9.17, 15) is 9.59 Å². The normalized spacial score (nSPS) is 20.0. The number of carbonyl (C=O) groups excluding carboxylic acids is 2. The standard InChI is InChI=1S/C17H22N2O4/c1-12-4-5-14-13(10-12)19(16(21)17(2,3)23-14)11-15(20)18-6-8-22-9-7-18/h4-5,10H,6-9,11H2,1-3H3. The molecule has 0 unspecified atom stereocenters. The zero-order valence-corrected chi connectivity index (χ0v) is 13.8. The summed E-state index contributed by atoms with van der Waals surface area (Å²) in [6, 6.07) is 5.67. The minimum absolute atomic E-state index is 0.0298. The number of benzene rings is 1. The van der Waals surface area contributed by atoms with E-state index in [0.29, 0.717) is 37.7 Å². The van der Waals surface area contributed by atoms with Gasteiger partial charge in [0.2, 0.25) is 5.91 Å². The third-order valence-corrected chi connectivity index (χ3v) is 4.19. The van der Waals surface area contributed by atoms with Crippen LogP contribution in [-0.2, 0) is 14.3 Å². The van der Waals surface area contributed by atoms with Crippen molar-refractivity contribution in [2.45, 2.75) is 26.4 Å². The second-order valence-electron chi connectivity index (χ2n) is 6.47. The van der Waals surface area contributed by atoms with E-state index in [4.69, 9.17) is 9.47 Å². The molecule has 1 aromatic carbocycles. The number of fused-ring (bicyclic) bond motifs is 1. The number of amides is 2. The maximum absolute atomic E-state index is 12.7. The van der Waals surface area contributed by atoms with E-state index in [0.717, 1.165) is 5.56 Å². The molecule has 124 valence electrons. The predicted molar refractivity (Wildman–Crippen MR) is 85.6 cm³/mol. The zero-order chi connectivity index (χ0) is 16.6. The van der Waals surface area contributed by atoms with E-state index < -0.39 is 5.60 Å². The fourth-order valence-electron chi connectivity index (χ4n) is 2.88. The van der Waals surface area contributed by atoms with Crippen molar-refractivity contribution in [2.75, 3.05) is 37.7 Å². The van der Waals surface area contributed by atoms with Crippen LogP contribution in [0.15, 0.2) is 18.2 Å². The first-order chi connectivity index (χ1) is 10.9. The van der Waals surface area contributed by atoms with Crippen LogP contribution in [0, 0.1) is 6.92 Å². The molecule has 2 heterocycles. The van der Waals surface area contributed by atoms with E-state index in [1.807, 2.05) is 25.1 Å². The van der Waals surface area contributed by atoms with E-state index in [-0.39, 0.29) is 18.4 Å². The number of ether oxygens (including phenoxy) is 2. The lowest BCUT2D eigenvalue weighted by Gasteiger charge is -2.39. The van der Waals surface area contributed by atoms with Crippen LogP contribution >= 0.6 is 0 Å². The topological polar surface area (TPSA) is 59.1 Å². The summed E-state index contributed by atoms with van der Waals surface area (Å²) < 4.78 is 11.1. The molecule has 6 nitrogen and oxygen atoms in total. The lowest BCUT2D eigenvalue weighted by Crippen LogP contribution is -2.56. The molecule has 0 aliphatic carbocycles. The molecule has 0 atom stereocenters. The van der Waals surface area contributed by atoms with Crippen LogP contribution in [0.4, 0.5) is 5.69 Å². The van der Waals surface area contributed by atoms with Crippen LogP contribution in [0.5, 0.6) is 5.75 Å². The molecule has 23 heavy (non-hydrogen) atoms. The van der Waals surface area contributed by atoms with Gasteiger partial charge in [-0.3, -0.25) is 14.5 Å². The number of nitrogens with zero attached hydrogens (tertiary/aromatic N) is 2. The first-order valence-electron chi connectivity index (χ1n) is 7.85. The average Bonchev–Trinajstić information content (AvgIpc) is 2.53. The van der Waals surface area contributed by atoms with Crippen LogP contribution in [0.1, 0.15) is 19.4 Å². The minimum atomic E-state index is -0.979. The molecule has 2 aliphatic heterocycles. The maximum atomic E-state index is 12.7. The number of anilines is 1. The lowest BCUT2D eigenvalue weighted by molar-refractivity contribution is -0.138. The molecule has 0 aromatic heterocycles. The van der Waals surface area contributed by atoms with E-state index >= 15 is 0 Å². The van der Waals surface area contributed by atoms with Gasteiger partial charge in [0.15, 0.2) is 5.60 Å². The summed E-state index contributed by atoms with van der Waals surface area (Å²) in [5.74, 6) is 0.374. The van der Waals surface area contributed by atoms with Gasteiger partial charge in [0.25, 0.3) is 5.91 Å². The summed E-state index contributed by atoms with van der Waals surface area (Å²) in [6.45, 7) is 7.67. The van der Waals surface area contributed by atoms with Crippen LogP contribution < -0.4 is 9.64 Å². The Balaban J connectivity index is 1.88. The Hall–Kier alpha value is -2.08. The summed E-state index contributed by atoms with van der Waals surface area (Å²) >= 11 is 0. The third-order valence-electron chi connectivity index (χ3n) is 4.19. The van der Waals surface area contributed by atoms with E-state index in [1.54, 1.807) is 23.6 Å². The Morgan fingerprint density at radius 2 is 1.96 bits per heavy atom. The Kier molecular flexibility index (Phi) is 4.02. The number of rotatable bonds is 2. The zero-order valence-electron chi connectivity index (χ0n) is 13.8. The second kappa shape index (κ2) is 5.85. The van der Waals surface area contributed by atoms with Gasteiger partial charge in [-0.05, 0) is 38.5 Å². The molecule has 0 N–H and O–H groups in total. The van der Waals surface area contributed by atoms with Crippen molar-refractivity contribution in [2.24, 2.45) is 0 Å². The van der Waals surface area contributed by atoms with E-state index in [2.05, 4.69) is 0 Å². The first kappa shape index (κ1) is 15.8. The van der Waals surface area contributed by atoms with Gasteiger partial charge in [-0.2, -0.15) is 0 Å². The Morgan fingerprint density at radius 1 is 1.26 bits per heavy atom. The highest BCUT2D eigenvalue weighted by Crippen LogP contribution is 2.38. The minimum Gasteiger partial charge on any atom is -0.476 e. The molecule has 3 rings (SSSR count). The molecule has 1 aromatic rings. The van der Waals surface area contributed by atoms with Crippen LogP contribution in [0.25, 0.3) is 0 Å². The summed E-state index contributed by atoms with van der Waals surface area (Å²) in [5, 5.41) is 0. The number of morpholine rings is 1. The molecule has 1 fully saturated rings. The van der Waals surface area contributed by atoms with Crippen molar-refractivity contribution in [3.05, 3.63) is 23.8 Å². The highest BCUT2D eigenvalue weighted by atomic mass is 16.5. The van der Waals surface area contributed by atoms with Crippen LogP contribution in [0.2, 0.25) is 0 Å². The van der Waals surface area contributed by atoms with Crippen molar-refractivity contribution >= 4 is 17.5 Å². The fourth-order valence-corrected chi connectivity index (χ4v) is 2.88.